The van der Waals surface area contributed by atoms with Crippen molar-refractivity contribution in [3.8, 4) is 0 Å². The molecule has 2 heterocycles. The summed E-state index contributed by atoms with van der Waals surface area (Å²) in [6, 6.07) is 8.42. The second-order valence-corrected chi connectivity index (χ2v) is 11.4. The van der Waals surface area contributed by atoms with E-state index in [0.717, 1.165) is 5.56 Å². The number of carbonyl (C=O) groups excluding carboxylic acids is 2. The Morgan fingerprint density at radius 3 is 2.41 bits per heavy atom. The number of hydrogen-bond donors (Lipinski definition) is 1. The molecule has 0 bridgehead atoms. The average Bonchev–Trinajstić information content (AvgIpc) is 3.52. The molecule has 2 amide bonds. The molecule has 0 unspecified atom stereocenters. The first-order chi connectivity index (χ1) is 15.0. The summed E-state index contributed by atoms with van der Waals surface area (Å²) in [6.07, 6.45) is 2.27. The summed E-state index contributed by atoms with van der Waals surface area (Å²) in [5.41, 5.74) is 0.982. The lowest BCUT2D eigenvalue weighted by Gasteiger charge is -2.33. The highest BCUT2D eigenvalue weighted by molar-refractivity contribution is 7.92. The number of halogens is 1. The molecule has 1 saturated carbocycles. The van der Waals surface area contributed by atoms with Crippen molar-refractivity contribution >= 4 is 33.3 Å². The molecule has 2 aliphatic rings. The fraction of sp³-hybridized carbons (Fsp3) is 0.409. The number of carbonyl (C=O) groups is 2. The second-order valence-electron chi connectivity index (χ2n) is 8.54. The summed E-state index contributed by atoms with van der Waals surface area (Å²) >= 11 is 5.87. The SMILES string of the molecule is Cc1cc(C(=O)NCc2ccc(Cl)cc2)c(=O)n2c1C(=O)N(CC1(S(C)(=O)=O)CC1)CC2. The normalized spacial score (nSPS) is 17.1. The van der Waals surface area contributed by atoms with Crippen molar-refractivity contribution in [1.82, 2.24) is 14.8 Å². The van der Waals surface area contributed by atoms with E-state index in [1.54, 1.807) is 31.2 Å². The quantitative estimate of drug-likeness (QED) is 0.682. The van der Waals surface area contributed by atoms with E-state index in [4.69, 9.17) is 11.6 Å². The van der Waals surface area contributed by atoms with Crippen molar-refractivity contribution in [1.29, 1.82) is 0 Å². The van der Waals surface area contributed by atoms with Crippen LogP contribution in [0, 0.1) is 6.92 Å². The second kappa shape index (κ2) is 8.04. The Hall–Kier alpha value is -2.65. The summed E-state index contributed by atoms with van der Waals surface area (Å²) in [5.74, 6) is -0.902. The molecule has 0 atom stereocenters. The lowest BCUT2D eigenvalue weighted by Crippen LogP contribution is -2.50. The Kier molecular flexibility index (Phi) is 5.67. The maximum atomic E-state index is 13.1. The number of benzene rings is 1. The zero-order chi connectivity index (χ0) is 23.3. The number of fused-ring (bicyclic) bond motifs is 1. The summed E-state index contributed by atoms with van der Waals surface area (Å²) in [7, 11) is -3.28. The van der Waals surface area contributed by atoms with E-state index in [0.29, 0.717) is 23.4 Å². The van der Waals surface area contributed by atoms with E-state index >= 15 is 0 Å². The maximum absolute atomic E-state index is 13.1. The van der Waals surface area contributed by atoms with Crippen LogP contribution in [-0.4, -0.2) is 53.8 Å². The minimum absolute atomic E-state index is 0.0312. The molecule has 1 aliphatic carbocycles. The topological polar surface area (TPSA) is 106 Å². The van der Waals surface area contributed by atoms with Gasteiger partial charge in [0.15, 0.2) is 9.84 Å². The van der Waals surface area contributed by atoms with Crippen LogP contribution in [0.2, 0.25) is 5.02 Å². The van der Waals surface area contributed by atoms with Crippen LogP contribution >= 0.6 is 11.6 Å². The third kappa shape index (κ3) is 4.06. The molecule has 8 nitrogen and oxygen atoms in total. The summed E-state index contributed by atoms with van der Waals surface area (Å²) in [4.78, 5) is 40.3. The van der Waals surface area contributed by atoms with Gasteiger partial charge in [0.25, 0.3) is 17.4 Å². The van der Waals surface area contributed by atoms with Gasteiger partial charge in [0.05, 0.1) is 4.75 Å². The van der Waals surface area contributed by atoms with Gasteiger partial charge in [-0.25, -0.2) is 8.42 Å². The highest BCUT2D eigenvalue weighted by Gasteiger charge is 2.54. The van der Waals surface area contributed by atoms with Gasteiger partial charge in [0, 0.05) is 37.5 Å². The number of aromatic nitrogens is 1. The number of sulfone groups is 1. The molecule has 0 radical (unpaired) electrons. The third-order valence-electron chi connectivity index (χ3n) is 6.25. The van der Waals surface area contributed by atoms with Gasteiger partial charge in [-0.05, 0) is 49.1 Å². The lowest BCUT2D eigenvalue weighted by molar-refractivity contribution is 0.0693. The zero-order valence-electron chi connectivity index (χ0n) is 17.9. The summed E-state index contributed by atoms with van der Waals surface area (Å²) in [6.45, 7) is 2.46. The monoisotopic (exact) mass is 477 g/mol. The standard InChI is InChI=1S/C22H24ClN3O5S/c1-14-11-17(19(27)24-12-15-3-5-16(23)6-4-15)20(28)26-10-9-25(21(29)18(14)26)13-22(7-8-22)32(2,30)31/h3-6,11H,7-10,12-13H2,1-2H3,(H,24,27). The smallest absolute Gasteiger partial charge is 0.270 e. The first-order valence-electron chi connectivity index (χ1n) is 10.3. The minimum Gasteiger partial charge on any atom is -0.348 e. The highest BCUT2D eigenvalue weighted by Crippen LogP contribution is 2.44. The zero-order valence-corrected chi connectivity index (χ0v) is 19.4. The number of pyridine rings is 1. The van der Waals surface area contributed by atoms with E-state index in [2.05, 4.69) is 5.32 Å². The first-order valence-corrected chi connectivity index (χ1v) is 12.6. The highest BCUT2D eigenvalue weighted by atomic mass is 35.5. The van der Waals surface area contributed by atoms with Gasteiger partial charge in [-0.1, -0.05) is 23.7 Å². The summed E-state index contributed by atoms with van der Waals surface area (Å²) < 4.78 is 24.7. The number of hydrogen-bond acceptors (Lipinski definition) is 5. The molecule has 1 aromatic heterocycles. The van der Waals surface area contributed by atoms with Crippen molar-refractivity contribution in [3.63, 3.8) is 0 Å². The predicted octanol–water partition coefficient (Wildman–Crippen LogP) is 1.77. The molecule has 32 heavy (non-hydrogen) atoms. The summed E-state index contributed by atoms with van der Waals surface area (Å²) in [5, 5.41) is 3.32. The molecule has 1 N–H and O–H groups in total. The van der Waals surface area contributed by atoms with Crippen LogP contribution in [0.25, 0.3) is 0 Å². The maximum Gasteiger partial charge on any atom is 0.270 e. The van der Waals surface area contributed by atoms with E-state index < -0.39 is 26.1 Å². The molecule has 2 aromatic rings. The van der Waals surface area contributed by atoms with Crippen LogP contribution in [-0.2, 0) is 22.9 Å². The first kappa shape index (κ1) is 22.5. The van der Waals surface area contributed by atoms with Gasteiger partial charge >= 0.3 is 0 Å². The molecule has 1 aromatic carbocycles. The average molecular weight is 478 g/mol. The van der Waals surface area contributed by atoms with E-state index in [1.165, 1.54) is 21.8 Å². The van der Waals surface area contributed by atoms with Crippen LogP contribution in [0.1, 0.15) is 44.8 Å². The van der Waals surface area contributed by atoms with Gasteiger partial charge in [-0.2, -0.15) is 0 Å². The van der Waals surface area contributed by atoms with Crippen LogP contribution in [0.3, 0.4) is 0 Å². The molecular weight excluding hydrogens is 454 g/mol. The number of rotatable bonds is 6. The number of nitrogens with one attached hydrogen (secondary N) is 1. The Morgan fingerprint density at radius 1 is 1.16 bits per heavy atom. The van der Waals surface area contributed by atoms with Crippen molar-refractivity contribution in [2.75, 3.05) is 19.3 Å². The molecule has 0 saturated heterocycles. The fourth-order valence-electron chi connectivity index (χ4n) is 4.10. The number of amides is 2. The van der Waals surface area contributed by atoms with Gasteiger partial charge in [0.1, 0.15) is 11.3 Å². The molecule has 1 fully saturated rings. The van der Waals surface area contributed by atoms with Gasteiger partial charge < -0.3 is 14.8 Å². The molecule has 10 heteroatoms. The third-order valence-corrected chi connectivity index (χ3v) is 8.61. The Labute approximate surface area is 191 Å². The molecule has 1 aliphatic heterocycles. The molecule has 170 valence electrons. The van der Waals surface area contributed by atoms with Crippen molar-refractivity contribution in [3.05, 3.63) is 68.1 Å². The lowest BCUT2D eigenvalue weighted by atomic mass is 10.1. The number of aryl methyl sites for hydroxylation is 1. The Morgan fingerprint density at radius 2 is 1.81 bits per heavy atom. The van der Waals surface area contributed by atoms with Gasteiger partial charge in [-0.15, -0.1) is 0 Å². The fourth-order valence-corrected chi connectivity index (χ4v) is 5.46. The Bertz CT molecular complexity index is 1260. The minimum atomic E-state index is -3.28. The van der Waals surface area contributed by atoms with Crippen molar-refractivity contribution in [2.24, 2.45) is 0 Å². The van der Waals surface area contributed by atoms with Crippen molar-refractivity contribution < 1.29 is 18.0 Å². The van der Waals surface area contributed by atoms with E-state index in [9.17, 15) is 22.8 Å². The Balaban J connectivity index is 1.55. The predicted molar refractivity (Wildman–Crippen MR) is 121 cm³/mol. The van der Waals surface area contributed by atoms with Crippen LogP contribution < -0.4 is 10.9 Å². The molecule has 0 spiro atoms. The van der Waals surface area contributed by atoms with E-state index in [-0.39, 0.29) is 43.3 Å². The van der Waals surface area contributed by atoms with Gasteiger partial charge in [-0.3, -0.25) is 14.4 Å². The van der Waals surface area contributed by atoms with Crippen LogP contribution in [0.4, 0.5) is 0 Å². The molecular formula is C22H24ClN3O5S. The van der Waals surface area contributed by atoms with Crippen LogP contribution in [0.15, 0.2) is 35.1 Å². The largest absolute Gasteiger partial charge is 0.348 e. The van der Waals surface area contributed by atoms with Crippen LogP contribution in [0.5, 0.6) is 0 Å². The van der Waals surface area contributed by atoms with E-state index in [1.807, 2.05) is 0 Å². The number of nitrogens with zero attached hydrogens (tertiary/aromatic N) is 2. The van der Waals surface area contributed by atoms with Gasteiger partial charge in [0.2, 0.25) is 0 Å². The molecule has 4 rings (SSSR count). The van der Waals surface area contributed by atoms with Crippen molar-refractivity contribution in [2.45, 2.75) is 37.6 Å².